The maximum atomic E-state index is 12.9. The molecule has 1 N–H and O–H groups in total. The van der Waals surface area contributed by atoms with Crippen molar-refractivity contribution < 1.29 is 18.0 Å². The Labute approximate surface area is 171 Å². The minimum Gasteiger partial charge on any atom is -0.351 e. The van der Waals surface area contributed by atoms with Gasteiger partial charge >= 0.3 is 6.18 Å². The molecule has 0 bridgehead atoms. The summed E-state index contributed by atoms with van der Waals surface area (Å²) in [6.45, 7) is 6.60. The number of nitrogens with one attached hydrogen (secondary N) is 1. The van der Waals surface area contributed by atoms with Gasteiger partial charge in [0.15, 0.2) is 5.82 Å². The Hall–Kier alpha value is -3.36. The Kier molecular flexibility index (Phi) is 4.97. The zero-order valence-corrected chi connectivity index (χ0v) is 16.3. The summed E-state index contributed by atoms with van der Waals surface area (Å²) in [5.74, 6) is 0.413. The lowest BCUT2D eigenvalue weighted by Crippen LogP contribution is -2.36. The van der Waals surface area contributed by atoms with E-state index in [0.717, 1.165) is 24.1 Å². The lowest BCUT2D eigenvalue weighted by atomic mass is 10.2. The standard InChI is InChI=1S/C21H20F3N5O/c1-3-18(30)26-15-8-9-28(12-15)20-19-17(10-13(2)11-25-19)29(27-20)16-6-4-14(5-7-16)21(22,23)24/h3-7,10-11,15H,1,8-9,12H2,2H3,(H,26,30). The summed E-state index contributed by atoms with van der Waals surface area (Å²) in [5.41, 5.74) is 2.10. The molecule has 1 saturated heterocycles. The van der Waals surface area contributed by atoms with Crippen molar-refractivity contribution in [1.82, 2.24) is 20.1 Å². The van der Waals surface area contributed by atoms with Crippen molar-refractivity contribution in [1.29, 1.82) is 0 Å². The van der Waals surface area contributed by atoms with Crippen LogP contribution in [0, 0.1) is 6.92 Å². The van der Waals surface area contributed by atoms with E-state index in [9.17, 15) is 18.0 Å². The highest BCUT2D eigenvalue weighted by Gasteiger charge is 2.31. The number of aromatic nitrogens is 3. The van der Waals surface area contributed by atoms with E-state index in [1.165, 1.54) is 18.2 Å². The Morgan fingerprint density at radius 2 is 2.03 bits per heavy atom. The van der Waals surface area contributed by atoms with Gasteiger partial charge in [0.05, 0.1) is 16.8 Å². The average molecular weight is 415 g/mol. The van der Waals surface area contributed by atoms with E-state index in [2.05, 4.69) is 22.0 Å². The van der Waals surface area contributed by atoms with Crippen LogP contribution in [0.1, 0.15) is 17.5 Å². The number of hydrogen-bond acceptors (Lipinski definition) is 4. The minimum absolute atomic E-state index is 0.0350. The zero-order valence-electron chi connectivity index (χ0n) is 16.3. The van der Waals surface area contributed by atoms with Crippen LogP contribution >= 0.6 is 0 Å². The fourth-order valence-electron chi connectivity index (χ4n) is 3.62. The maximum Gasteiger partial charge on any atom is 0.416 e. The van der Waals surface area contributed by atoms with E-state index in [-0.39, 0.29) is 11.9 Å². The van der Waals surface area contributed by atoms with Crippen LogP contribution in [0.5, 0.6) is 0 Å². The number of aryl methyl sites for hydroxylation is 1. The molecule has 1 fully saturated rings. The van der Waals surface area contributed by atoms with Crippen LogP contribution in [-0.4, -0.2) is 39.8 Å². The summed E-state index contributed by atoms with van der Waals surface area (Å²) in [6.07, 6.45) is -0.673. The van der Waals surface area contributed by atoms with Crippen LogP contribution in [0.3, 0.4) is 0 Å². The van der Waals surface area contributed by atoms with E-state index < -0.39 is 11.7 Å². The van der Waals surface area contributed by atoms with E-state index in [0.29, 0.717) is 35.6 Å². The van der Waals surface area contributed by atoms with Crippen molar-refractivity contribution in [2.24, 2.45) is 0 Å². The first-order valence-electron chi connectivity index (χ1n) is 9.47. The number of carbonyl (C=O) groups excluding carboxylic acids is 1. The quantitative estimate of drug-likeness (QED) is 0.661. The van der Waals surface area contributed by atoms with Crippen molar-refractivity contribution in [3.8, 4) is 5.69 Å². The van der Waals surface area contributed by atoms with E-state index in [1.807, 2.05) is 17.9 Å². The molecular formula is C21H20F3N5O. The Morgan fingerprint density at radius 3 is 2.70 bits per heavy atom. The molecule has 1 atom stereocenters. The van der Waals surface area contributed by atoms with Crippen LogP contribution in [-0.2, 0) is 11.0 Å². The maximum absolute atomic E-state index is 12.9. The summed E-state index contributed by atoms with van der Waals surface area (Å²) in [4.78, 5) is 18.1. The fourth-order valence-corrected chi connectivity index (χ4v) is 3.62. The molecule has 3 heterocycles. The highest BCUT2D eigenvalue weighted by atomic mass is 19.4. The molecular weight excluding hydrogens is 395 g/mol. The highest BCUT2D eigenvalue weighted by molar-refractivity contribution is 5.89. The Morgan fingerprint density at radius 1 is 1.30 bits per heavy atom. The SMILES string of the molecule is C=CC(=O)NC1CCN(c2nn(-c3ccc(C(F)(F)F)cc3)c3cc(C)cnc23)C1. The van der Waals surface area contributed by atoms with Gasteiger partial charge in [0.2, 0.25) is 5.91 Å². The van der Waals surface area contributed by atoms with E-state index in [4.69, 9.17) is 0 Å². The number of hydrogen-bond donors (Lipinski definition) is 1. The summed E-state index contributed by atoms with van der Waals surface area (Å²) >= 11 is 0. The molecule has 9 heteroatoms. The summed E-state index contributed by atoms with van der Waals surface area (Å²) in [6, 6.07) is 6.76. The normalized spacial score (nSPS) is 16.8. The molecule has 1 aromatic carbocycles. The molecule has 1 aliphatic heterocycles. The van der Waals surface area contributed by atoms with Gasteiger partial charge in [0, 0.05) is 25.3 Å². The fraction of sp³-hybridized carbons (Fsp3) is 0.286. The zero-order chi connectivity index (χ0) is 21.5. The number of rotatable bonds is 4. The first kappa shape index (κ1) is 19.9. The molecule has 0 radical (unpaired) electrons. The number of anilines is 1. The number of benzene rings is 1. The number of amides is 1. The number of fused-ring (bicyclic) bond motifs is 1. The molecule has 156 valence electrons. The molecule has 1 amide bonds. The summed E-state index contributed by atoms with van der Waals surface area (Å²) in [5, 5.41) is 7.56. The van der Waals surface area contributed by atoms with Crippen molar-refractivity contribution in [3.63, 3.8) is 0 Å². The molecule has 0 aliphatic carbocycles. The second kappa shape index (κ2) is 7.47. The molecule has 0 saturated carbocycles. The van der Waals surface area contributed by atoms with Crippen LogP contribution in [0.15, 0.2) is 49.2 Å². The number of alkyl halides is 3. The predicted octanol–water partition coefficient (Wildman–Crippen LogP) is 3.63. The van der Waals surface area contributed by atoms with Crippen molar-refractivity contribution in [2.45, 2.75) is 25.6 Å². The van der Waals surface area contributed by atoms with Gasteiger partial charge in [-0.15, -0.1) is 5.10 Å². The Bertz CT molecular complexity index is 1100. The summed E-state index contributed by atoms with van der Waals surface area (Å²) in [7, 11) is 0. The molecule has 4 rings (SSSR count). The topological polar surface area (TPSA) is 63.1 Å². The predicted molar refractivity (Wildman–Crippen MR) is 108 cm³/mol. The second-order valence-electron chi connectivity index (χ2n) is 7.30. The molecule has 1 unspecified atom stereocenters. The lowest BCUT2D eigenvalue weighted by molar-refractivity contribution is -0.137. The first-order chi connectivity index (χ1) is 14.3. The third-order valence-corrected chi connectivity index (χ3v) is 5.10. The van der Waals surface area contributed by atoms with Gasteiger partial charge in [-0.3, -0.25) is 9.78 Å². The van der Waals surface area contributed by atoms with Gasteiger partial charge in [0.1, 0.15) is 5.52 Å². The molecule has 30 heavy (non-hydrogen) atoms. The van der Waals surface area contributed by atoms with Gasteiger partial charge < -0.3 is 10.2 Å². The number of pyridine rings is 1. The van der Waals surface area contributed by atoms with Crippen molar-refractivity contribution in [2.75, 3.05) is 18.0 Å². The van der Waals surface area contributed by atoms with Crippen molar-refractivity contribution in [3.05, 3.63) is 60.3 Å². The lowest BCUT2D eigenvalue weighted by Gasteiger charge is -2.16. The smallest absolute Gasteiger partial charge is 0.351 e. The monoisotopic (exact) mass is 415 g/mol. The average Bonchev–Trinajstić information content (AvgIpc) is 3.31. The third kappa shape index (κ3) is 3.74. The molecule has 0 spiro atoms. The number of carbonyl (C=O) groups is 1. The molecule has 1 aliphatic rings. The van der Waals surface area contributed by atoms with Gasteiger partial charge in [0.25, 0.3) is 0 Å². The van der Waals surface area contributed by atoms with Crippen molar-refractivity contribution >= 4 is 22.8 Å². The largest absolute Gasteiger partial charge is 0.416 e. The third-order valence-electron chi connectivity index (χ3n) is 5.10. The first-order valence-corrected chi connectivity index (χ1v) is 9.47. The van der Waals surface area contributed by atoms with Gasteiger partial charge in [-0.25, -0.2) is 4.68 Å². The van der Waals surface area contributed by atoms with E-state index in [1.54, 1.807) is 10.9 Å². The van der Waals surface area contributed by atoms with Crippen LogP contribution < -0.4 is 10.2 Å². The second-order valence-corrected chi connectivity index (χ2v) is 7.30. The van der Waals surface area contributed by atoms with Gasteiger partial charge in [-0.1, -0.05) is 6.58 Å². The number of halogens is 3. The minimum atomic E-state index is -4.39. The number of nitrogens with zero attached hydrogens (tertiary/aromatic N) is 4. The van der Waals surface area contributed by atoms with E-state index >= 15 is 0 Å². The Balaban J connectivity index is 1.71. The van der Waals surface area contributed by atoms with Gasteiger partial charge in [-0.2, -0.15) is 13.2 Å². The van der Waals surface area contributed by atoms with Gasteiger partial charge in [-0.05, 0) is 55.3 Å². The van der Waals surface area contributed by atoms with Crippen LogP contribution in [0.2, 0.25) is 0 Å². The van der Waals surface area contributed by atoms with Crippen LogP contribution in [0.25, 0.3) is 16.7 Å². The van der Waals surface area contributed by atoms with Crippen LogP contribution in [0.4, 0.5) is 19.0 Å². The molecule has 6 nitrogen and oxygen atoms in total. The molecule has 3 aromatic rings. The summed E-state index contributed by atoms with van der Waals surface area (Å²) < 4.78 is 40.4. The highest BCUT2D eigenvalue weighted by Crippen LogP contribution is 2.32. The molecule has 2 aromatic heterocycles.